The number of hydrogen-bond acceptors (Lipinski definition) is 4. The third kappa shape index (κ3) is 2.91. The van der Waals surface area contributed by atoms with Crippen LogP contribution < -0.4 is 5.32 Å². The summed E-state index contributed by atoms with van der Waals surface area (Å²) in [6.07, 6.45) is 0.587. The van der Waals surface area contributed by atoms with E-state index in [0.29, 0.717) is 11.4 Å². The molecule has 1 aromatic carbocycles. The summed E-state index contributed by atoms with van der Waals surface area (Å²) in [7, 11) is 0. The molecule has 0 spiro atoms. The Kier molecular flexibility index (Phi) is 4.26. The smallest absolute Gasteiger partial charge is 0.238 e. The van der Waals surface area contributed by atoms with Gasteiger partial charge in [-0.1, -0.05) is 36.0 Å². The quantitative estimate of drug-likeness (QED) is 0.682. The van der Waals surface area contributed by atoms with E-state index in [1.807, 2.05) is 37.3 Å². The van der Waals surface area contributed by atoms with Crippen molar-refractivity contribution in [2.75, 3.05) is 0 Å². The normalized spacial score (nSPS) is 20.2. The molecule has 2 rings (SSSR count). The van der Waals surface area contributed by atoms with E-state index in [1.54, 1.807) is 0 Å². The number of benzene rings is 1. The number of rotatable bonds is 3. The number of nitriles is 1. The molecular formula is C15H14N2O2S. The summed E-state index contributed by atoms with van der Waals surface area (Å²) in [6.45, 7) is 3.33. The number of thioether (sulfide) groups is 1. The van der Waals surface area contributed by atoms with Crippen molar-refractivity contribution in [3.63, 3.8) is 0 Å². The van der Waals surface area contributed by atoms with Gasteiger partial charge >= 0.3 is 0 Å². The second-order valence-corrected chi connectivity index (χ2v) is 5.81. The van der Waals surface area contributed by atoms with E-state index in [4.69, 9.17) is 5.26 Å². The Hall–Kier alpha value is -2.06. The minimum atomic E-state index is -0.327. The second kappa shape index (κ2) is 5.93. The van der Waals surface area contributed by atoms with Gasteiger partial charge in [0.25, 0.3) is 0 Å². The van der Waals surface area contributed by atoms with Crippen molar-refractivity contribution < 1.29 is 9.59 Å². The molecule has 1 aliphatic heterocycles. The van der Waals surface area contributed by atoms with Crippen LogP contribution in [0.2, 0.25) is 0 Å². The first-order valence-corrected chi connectivity index (χ1v) is 7.08. The highest BCUT2D eigenvalue weighted by atomic mass is 32.2. The fraction of sp³-hybridized carbons (Fsp3) is 0.267. The molecule has 1 atom stereocenters. The number of nitrogens with one attached hydrogen (secondary N) is 1. The van der Waals surface area contributed by atoms with E-state index >= 15 is 0 Å². The lowest BCUT2D eigenvalue weighted by Gasteiger charge is -2.08. The molecule has 102 valence electrons. The Morgan fingerprint density at radius 3 is 2.75 bits per heavy atom. The highest BCUT2D eigenvalue weighted by Gasteiger charge is 2.32. The van der Waals surface area contributed by atoms with Crippen LogP contribution in [0.4, 0.5) is 0 Å². The van der Waals surface area contributed by atoms with Gasteiger partial charge < -0.3 is 5.32 Å². The van der Waals surface area contributed by atoms with Crippen LogP contribution in [0.5, 0.6) is 0 Å². The SMILES string of the molecule is CC(=O)/C(C#N)=C1\NC(=O)[C@H](Cc2ccccc2C)S1. The maximum Gasteiger partial charge on any atom is 0.238 e. The van der Waals surface area contributed by atoms with Gasteiger partial charge in [-0.3, -0.25) is 9.59 Å². The van der Waals surface area contributed by atoms with Crippen LogP contribution in [-0.4, -0.2) is 16.9 Å². The van der Waals surface area contributed by atoms with Crippen LogP contribution in [-0.2, 0) is 16.0 Å². The Labute approximate surface area is 121 Å². The molecule has 1 saturated heterocycles. The van der Waals surface area contributed by atoms with Gasteiger partial charge in [0.2, 0.25) is 5.91 Å². The standard InChI is InChI=1S/C15H14N2O2S/c1-9-5-3-4-6-11(9)7-13-14(19)17-15(20-13)12(8-16)10(2)18/h3-6,13H,7H2,1-2H3,(H,17,19)/b15-12+/t13-/m0/s1. The maximum atomic E-state index is 12.0. The van der Waals surface area contributed by atoms with E-state index in [-0.39, 0.29) is 22.5 Å². The summed E-state index contributed by atoms with van der Waals surface area (Å²) >= 11 is 1.26. The van der Waals surface area contributed by atoms with Crippen LogP contribution >= 0.6 is 11.8 Å². The Balaban J connectivity index is 2.21. The Morgan fingerprint density at radius 2 is 2.15 bits per heavy atom. The molecule has 1 amide bonds. The van der Waals surface area contributed by atoms with Crippen molar-refractivity contribution in [2.24, 2.45) is 0 Å². The van der Waals surface area contributed by atoms with Crippen LogP contribution in [0.1, 0.15) is 18.1 Å². The largest absolute Gasteiger partial charge is 0.318 e. The lowest BCUT2D eigenvalue weighted by molar-refractivity contribution is -0.119. The number of hydrogen-bond donors (Lipinski definition) is 1. The monoisotopic (exact) mass is 286 g/mol. The number of aryl methyl sites for hydroxylation is 1. The molecule has 4 nitrogen and oxygen atoms in total. The van der Waals surface area contributed by atoms with Crippen LogP contribution in [0.15, 0.2) is 34.9 Å². The van der Waals surface area contributed by atoms with Crippen molar-refractivity contribution in [1.29, 1.82) is 5.26 Å². The van der Waals surface area contributed by atoms with Gasteiger partial charge in [0.05, 0.1) is 10.3 Å². The molecule has 0 unspecified atom stereocenters. The number of ketones is 1. The minimum Gasteiger partial charge on any atom is -0.318 e. The molecule has 20 heavy (non-hydrogen) atoms. The number of amides is 1. The number of carbonyl (C=O) groups is 2. The van der Waals surface area contributed by atoms with Gasteiger partial charge in [-0.05, 0) is 31.4 Å². The number of carbonyl (C=O) groups excluding carboxylic acids is 2. The molecule has 1 aromatic rings. The van der Waals surface area contributed by atoms with Gasteiger partial charge in [0.1, 0.15) is 11.6 Å². The van der Waals surface area contributed by atoms with Gasteiger partial charge in [-0.2, -0.15) is 5.26 Å². The molecule has 0 radical (unpaired) electrons. The summed E-state index contributed by atoms with van der Waals surface area (Å²) < 4.78 is 0. The second-order valence-electron chi connectivity index (χ2n) is 4.60. The molecule has 5 heteroatoms. The zero-order valence-corrected chi connectivity index (χ0v) is 12.1. The highest BCUT2D eigenvalue weighted by molar-refractivity contribution is 8.04. The zero-order chi connectivity index (χ0) is 14.7. The van der Waals surface area contributed by atoms with Crippen molar-refractivity contribution in [1.82, 2.24) is 5.32 Å². The predicted octanol–water partition coefficient (Wildman–Crippen LogP) is 2.09. The van der Waals surface area contributed by atoms with Crippen molar-refractivity contribution in [2.45, 2.75) is 25.5 Å². The van der Waals surface area contributed by atoms with E-state index in [1.165, 1.54) is 18.7 Å². The first-order valence-electron chi connectivity index (χ1n) is 6.20. The summed E-state index contributed by atoms with van der Waals surface area (Å²) in [4.78, 5) is 23.3. The molecule has 1 fully saturated rings. The van der Waals surface area contributed by atoms with Crippen LogP contribution in [0.3, 0.4) is 0 Å². The van der Waals surface area contributed by atoms with Crippen LogP contribution in [0, 0.1) is 18.3 Å². The van der Waals surface area contributed by atoms with E-state index in [0.717, 1.165) is 11.1 Å². The van der Waals surface area contributed by atoms with Crippen LogP contribution in [0.25, 0.3) is 0 Å². The van der Waals surface area contributed by atoms with Gasteiger partial charge in [-0.15, -0.1) is 0 Å². The highest BCUT2D eigenvalue weighted by Crippen LogP contribution is 2.32. The van der Waals surface area contributed by atoms with E-state index < -0.39 is 0 Å². The topological polar surface area (TPSA) is 70.0 Å². The average molecular weight is 286 g/mol. The molecule has 1 heterocycles. The molecule has 0 saturated carbocycles. The first kappa shape index (κ1) is 14.4. The third-order valence-electron chi connectivity index (χ3n) is 3.15. The summed E-state index contributed by atoms with van der Waals surface area (Å²) in [6, 6.07) is 9.73. The molecule has 1 N–H and O–H groups in total. The van der Waals surface area contributed by atoms with E-state index in [9.17, 15) is 9.59 Å². The van der Waals surface area contributed by atoms with E-state index in [2.05, 4.69) is 5.32 Å². The fourth-order valence-electron chi connectivity index (χ4n) is 2.00. The molecule has 0 bridgehead atoms. The zero-order valence-electron chi connectivity index (χ0n) is 11.3. The lowest BCUT2D eigenvalue weighted by atomic mass is 10.0. The van der Waals surface area contributed by atoms with Gasteiger partial charge in [0, 0.05) is 0 Å². The van der Waals surface area contributed by atoms with Gasteiger partial charge in [0.15, 0.2) is 5.78 Å². The Bertz CT molecular complexity index is 644. The summed E-state index contributed by atoms with van der Waals surface area (Å²) in [5, 5.41) is 11.7. The van der Waals surface area contributed by atoms with Crippen molar-refractivity contribution in [3.05, 3.63) is 46.0 Å². The molecule has 0 aromatic heterocycles. The Morgan fingerprint density at radius 1 is 1.45 bits per heavy atom. The van der Waals surface area contributed by atoms with Crippen molar-refractivity contribution >= 4 is 23.5 Å². The summed E-state index contributed by atoms with van der Waals surface area (Å²) in [5.41, 5.74) is 2.25. The van der Waals surface area contributed by atoms with Crippen molar-refractivity contribution in [3.8, 4) is 6.07 Å². The fourth-order valence-corrected chi connectivity index (χ4v) is 3.18. The average Bonchev–Trinajstić information content (AvgIpc) is 2.74. The maximum absolute atomic E-state index is 12.0. The molecule has 1 aliphatic rings. The van der Waals surface area contributed by atoms with Gasteiger partial charge in [-0.25, -0.2) is 0 Å². The third-order valence-corrected chi connectivity index (χ3v) is 4.35. The molecular weight excluding hydrogens is 272 g/mol. The lowest BCUT2D eigenvalue weighted by Crippen LogP contribution is -2.24. The number of Topliss-reactive ketones (excluding diaryl/α,β-unsaturated/α-hetero) is 1. The number of allylic oxidation sites excluding steroid dienone is 1. The first-order chi connectivity index (χ1) is 9.52. The minimum absolute atomic E-state index is 0.0237. The molecule has 0 aliphatic carbocycles. The number of nitrogens with zero attached hydrogens (tertiary/aromatic N) is 1. The summed E-state index contributed by atoms with van der Waals surface area (Å²) in [5.74, 6) is -0.478. The predicted molar refractivity (Wildman–Crippen MR) is 77.7 cm³/mol.